The highest BCUT2D eigenvalue weighted by Crippen LogP contribution is 2.40. The number of anilines is 1. The van der Waals surface area contributed by atoms with Gasteiger partial charge < -0.3 is 9.80 Å². The van der Waals surface area contributed by atoms with Crippen molar-refractivity contribution in [1.29, 1.82) is 0 Å². The summed E-state index contributed by atoms with van der Waals surface area (Å²) in [6.07, 6.45) is 0.501. The number of carbonyl (C=O) groups excluding carboxylic acids is 1. The van der Waals surface area contributed by atoms with Gasteiger partial charge in [0.2, 0.25) is 5.91 Å². The Morgan fingerprint density at radius 3 is 2.22 bits per heavy atom. The van der Waals surface area contributed by atoms with E-state index in [0.717, 1.165) is 62.0 Å². The average molecular weight is 521 g/mol. The monoisotopic (exact) mass is 520 g/mol. The van der Waals surface area contributed by atoms with Gasteiger partial charge >= 0.3 is 6.18 Å². The van der Waals surface area contributed by atoms with Crippen LogP contribution in [0.25, 0.3) is 0 Å². The SMILES string of the molecule is CC[C@H](CC(=O)N1CCC(c2ccc(C(F)(F)F)cc2N2CCC(C)CC2)CC1)c1ccc(Cl)cc1. The molecule has 1 amide bonds. The first-order valence-corrected chi connectivity index (χ1v) is 13.5. The van der Waals surface area contributed by atoms with Crippen LogP contribution in [0.2, 0.25) is 5.02 Å². The normalized spacial score (nSPS) is 18.9. The molecule has 196 valence electrons. The molecule has 3 nitrogen and oxygen atoms in total. The number of alkyl halides is 3. The van der Waals surface area contributed by atoms with Gasteiger partial charge in [0.25, 0.3) is 0 Å². The second-order valence-electron chi connectivity index (χ2n) is 10.5. The zero-order valence-corrected chi connectivity index (χ0v) is 21.9. The van der Waals surface area contributed by atoms with E-state index in [9.17, 15) is 18.0 Å². The zero-order valence-electron chi connectivity index (χ0n) is 21.2. The highest BCUT2D eigenvalue weighted by molar-refractivity contribution is 6.30. The quantitative estimate of drug-likeness (QED) is 0.386. The molecule has 0 unspecified atom stereocenters. The van der Waals surface area contributed by atoms with Crippen LogP contribution >= 0.6 is 11.6 Å². The molecule has 2 saturated heterocycles. The number of rotatable bonds is 6. The highest BCUT2D eigenvalue weighted by atomic mass is 35.5. The Balaban J connectivity index is 1.44. The average Bonchev–Trinajstić information content (AvgIpc) is 2.87. The summed E-state index contributed by atoms with van der Waals surface area (Å²) in [4.78, 5) is 17.2. The predicted molar refractivity (Wildman–Crippen MR) is 140 cm³/mol. The Morgan fingerprint density at radius 2 is 1.64 bits per heavy atom. The Morgan fingerprint density at radius 1 is 1.00 bits per heavy atom. The molecule has 2 aliphatic heterocycles. The van der Waals surface area contributed by atoms with E-state index in [0.29, 0.717) is 30.5 Å². The number of nitrogens with zero attached hydrogens (tertiary/aromatic N) is 2. The third-order valence-electron chi connectivity index (χ3n) is 8.02. The summed E-state index contributed by atoms with van der Waals surface area (Å²) in [6, 6.07) is 12.0. The van der Waals surface area contributed by atoms with Crippen LogP contribution in [-0.4, -0.2) is 37.0 Å². The summed E-state index contributed by atoms with van der Waals surface area (Å²) >= 11 is 6.02. The lowest BCUT2D eigenvalue weighted by Crippen LogP contribution is -2.39. The summed E-state index contributed by atoms with van der Waals surface area (Å²) in [6.45, 7) is 7.14. The summed E-state index contributed by atoms with van der Waals surface area (Å²) in [7, 11) is 0. The fourth-order valence-electron chi connectivity index (χ4n) is 5.60. The van der Waals surface area contributed by atoms with Crippen LogP contribution in [0.4, 0.5) is 18.9 Å². The third-order valence-corrected chi connectivity index (χ3v) is 8.28. The van der Waals surface area contributed by atoms with Crippen LogP contribution in [0.3, 0.4) is 0 Å². The molecule has 2 aliphatic rings. The molecule has 2 aromatic rings. The van der Waals surface area contributed by atoms with Gasteiger partial charge in [-0.05, 0) is 85.3 Å². The predicted octanol–water partition coefficient (Wildman–Crippen LogP) is 7.89. The van der Waals surface area contributed by atoms with Gasteiger partial charge in [0.1, 0.15) is 0 Å². The van der Waals surface area contributed by atoms with E-state index in [1.165, 1.54) is 12.1 Å². The van der Waals surface area contributed by atoms with Crippen molar-refractivity contribution in [3.8, 4) is 0 Å². The summed E-state index contributed by atoms with van der Waals surface area (Å²) in [5, 5.41) is 0.684. The van der Waals surface area contributed by atoms with Gasteiger partial charge in [-0.1, -0.05) is 43.6 Å². The van der Waals surface area contributed by atoms with E-state index >= 15 is 0 Å². The molecule has 7 heteroatoms. The number of piperidine rings is 2. The van der Waals surface area contributed by atoms with E-state index in [4.69, 9.17) is 11.6 Å². The molecule has 1 atom stereocenters. The summed E-state index contributed by atoms with van der Waals surface area (Å²) in [5.41, 5.74) is 2.27. The molecule has 2 fully saturated rings. The first-order chi connectivity index (χ1) is 17.2. The number of likely N-dealkylation sites (tertiary alicyclic amines) is 1. The van der Waals surface area contributed by atoms with Crippen LogP contribution in [0, 0.1) is 5.92 Å². The maximum Gasteiger partial charge on any atom is 0.416 e. The first kappa shape index (κ1) is 26.8. The molecule has 0 aromatic heterocycles. The lowest BCUT2D eigenvalue weighted by atomic mass is 9.86. The fourth-order valence-corrected chi connectivity index (χ4v) is 5.73. The topological polar surface area (TPSA) is 23.6 Å². The minimum Gasteiger partial charge on any atom is -0.371 e. The van der Waals surface area contributed by atoms with Crippen LogP contribution < -0.4 is 4.90 Å². The van der Waals surface area contributed by atoms with Crippen LogP contribution in [0.5, 0.6) is 0 Å². The molecule has 0 radical (unpaired) electrons. The van der Waals surface area contributed by atoms with Crippen LogP contribution in [-0.2, 0) is 11.0 Å². The molecule has 0 bridgehead atoms. The van der Waals surface area contributed by atoms with Crippen molar-refractivity contribution in [2.45, 2.75) is 70.4 Å². The van der Waals surface area contributed by atoms with Gasteiger partial charge in [-0.25, -0.2) is 0 Å². The number of hydrogen-bond acceptors (Lipinski definition) is 2. The number of halogens is 4. The Bertz CT molecular complexity index is 1020. The smallest absolute Gasteiger partial charge is 0.371 e. The van der Waals surface area contributed by atoms with Crippen molar-refractivity contribution in [1.82, 2.24) is 4.90 Å². The van der Waals surface area contributed by atoms with Gasteiger partial charge in [0.05, 0.1) is 5.56 Å². The highest BCUT2D eigenvalue weighted by Gasteiger charge is 2.34. The van der Waals surface area contributed by atoms with Crippen LogP contribution in [0.15, 0.2) is 42.5 Å². The van der Waals surface area contributed by atoms with E-state index in [1.807, 2.05) is 29.2 Å². The third kappa shape index (κ3) is 6.37. The number of hydrogen-bond donors (Lipinski definition) is 0. The van der Waals surface area contributed by atoms with Crippen molar-refractivity contribution < 1.29 is 18.0 Å². The molecule has 4 rings (SSSR count). The lowest BCUT2D eigenvalue weighted by Gasteiger charge is -2.38. The van der Waals surface area contributed by atoms with Crippen molar-refractivity contribution in [2.75, 3.05) is 31.1 Å². The number of benzene rings is 2. The maximum atomic E-state index is 13.5. The van der Waals surface area contributed by atoms with Gasteiger partial charge in [-0.2, -0.15) is 13.2 Å². The molecule has 36 heavy (non-hydrogen) atoms. The van der Waals surface area contributed by atoms with Gasteiger partial charge in [0, 0.05) is 43.3 Å². The second kappa shape index (κ2) is 11.5. The standard InChI is InChI=1S/C29H36ClF3N2O/c1-3-21(22-4-7-25(30)8-5-22)18-28(36)35-16-12-23(13-17-35)26-9-6-24(29(31,32)33)19-27(26)34-14-10-20(2)11-15-34/h4-9,19-21,23H,3,10-18H2,1-2H3/t21-/m1/s1. The second-order valence-corrected chi connectivity index (χ2v) is 10.9. The summed E-state index contributed by atoms with van der Waals surface area (Å²) < 4.78 is 40.6. The minimum absolute atomic E-state index is 0.146. The lowest BCUT2D eigenvalue weighted by molar-refractivity contribution is -0.137. The fraction of sp³-hybridized carbons (Fsp3) is 0.552. The molecule has 0 saturated carbocycles. The maximum absolute atomic E-state index is 13.5. The Kier molecular flexibility index (Phi) is 8.54. The van der Waals surface area contributed by atoms with E-state index < -0.39 is 11.7 Å². The van der Waals surface area contributed by atoms with Crippen molar-refractivity contribution in [3.63, 3.8) is 0 Å². The number of amides is 1. The van der Waals surface area contributed by atoms with Crippen LogP contribution in [0.1, 0.15) is 80.9 Å². The Hall–Kier alpha value is -2.21. The van der Waals surface area contributed by atoms with Gasteiger partial charge in [0.15, 0.2) is 0 Å². The molecule has 0 spiro atoms. The van der Waals surface area contributed by atoms with E-state index in [1.54, 1.807) is 6.07 Å². The van der Waals surface area contributed by atoms with E-state index in [2.05, 4.69) is 18.7 Å². The molecular formula is C29H36ClF3N2O. The van der Waals surface area contributed by atoms with E-state index in [-0.39, 0.29) is 17.7 Å². The largest absolute Gasteiger partial charge is 0.416 e. The van der Waals surface area contributed by atoms with Gasteiger partial charge in [-0.15, -0.1) is 0 Å². The first-order valence-electron chi connectivity index (χ1n) is 13.1. The Labute approximate surface area is 217 Å². The molecular weight excluding hydrogens is 485 g/mol. The minimum atomic E-state index is -4.36. The van der Waals surface area contributed by atoms with Crippen molar-refractivity contribution in [2.24, 2.45) is 5.92 Å². The molecule has 2 heterocycles. The zero-order chi connectivity index (χ0) is 25.9. The van der Waals surface area contributed by atoms with Gasteiger partial charge in [-0.3, -0.25) is 4.79 Å². The molecule has 2 aromatic carbocycles. The molecule has 0 N–H and O–H groups in total. The van der Waals surface area contributed by atoms with Crippen molar-refractivity contribution in [3.05, 3.63) is 64.2 Å². The molecule has 0 aliphatic carbocycles. The van der Waals surface area contributed by atoms with Crippen molar-refractivity contribution >= 4 is 23.2 Å². The number of carbonyl (C=O) groups is 1. The summed E-state index contributed by atoms with van der Waals surface area (Å²) in [5.74, 6) is 1.05.